The molecule has 0 bridgehead atoms. The molecule has 0 atom stereocenters. The zero-order chi connectivity index (χ0) is 14.9. The second kappa shape index (κ2) is 6.51. The number of amides is 1. The highest BCUT2D eigenvalue weighted by Crippen LogP contribution is 2.34. The quantitative estimate of drug-likeness (QED) is 0.576. The van der Waals surface area contributed by atoms with E-state index in [0.717, 1.165) is 16.7 Å². The van der Waals surface area contributed by atoms with Crippen LogP contribution in [-0.4, -0.2) is 10.9 Å². The van der Waals surface area contributed by atoms with Crippen molar-refractivity contribution in [2.75, 3.05) is 5.32 Å². The van der Waals surface area contributed by atoms with Crippen molar-refractivity contribution in [2.24, 2.45) is 0 Å². The summed E-state index contributed by atoms with van der Waals surface area (Å²) in [6, 6.07) is 4.57. The molecule has 8 heteroatoms. The fourth-order valence-corrected chi connectivity index (χ4v) is 4.07. The molecule has 2 aromatic rings. The normalized spacial score (nSPS) is 10.4. The molecular formula is C12H5Br3ClFN2O. The van der Waals surface area contributed by atoms with Gasteiger partial charge in [-0.15, -0.1) is 0 Å². The topological polar surface area (TPSA) is 42.0 Å². The average Bonchev–Trinajstić information content (AvgIpc) is 2.36. The summed E-state index contributed by atoms with van der Waals surface area (Å²) in [5.74, 6) is -1.18. The number of aromatic nitrogens is 1. The molecule has 3 nitrogen and oxygen atoms in total. The fourth-order valence-electron chi connectivity index (χ4n) is 1.42. The first-order valence-corrected chi connectivity index (χ1v) is 7.91. The Labute approximate surface area is 144 Å². The first kappa shape index (κ1) is 15.9. The van der Waals surface area contributed by atoms with Gasteiger partial charge in [0.05, 0.1) is 17.4 Å². The van der Waals surface area contributed by atoms with Gasteiger partial charge < -0.3 is 5.32 Å². The van der Waals surface area contributed by atoms with Crippen molar-refractivity contribution >= 4 is 71.0 Å². The summed E-state index contributed by atoms with van der Waals surface area (Å²) in [5, 5.41) is 2.58. The van der Waals surface area contributed by atoms with E-state index in [1.807, 2.05) is 0 Å². The second-order valence-corrected chi connectivity index (χ2v) is 6.67. The lowest BCUT2D eigenvalue weighted by Gasteiger charge is -2.11. The van der Waals surface area contributed by atoms with Crippen LogP contribution < -0.4 is 5.32 Å². The van der Waals surface area contributed by atoms with Gasteiger partial charge in [0.1, 0.15) is 11.0 Å². The molecule has 20 heavy (non-hydrogen) atoms. The molecule has 0 aliphatic rings. The van der Waals surface area contributed by atoms with Gasteiger partial charge in [-0.05, 0) is 50.1 Å². The number of pyridine rings is 1. The van der Waals surface area contributed by atoms with Gasteiger partial charge in [0.25, 0.3) is 5.91 Å². The number of carbonyl (C=O) groups is 1. The number of nitrogens with one attached hydrogen (secondary N) is 1. The predicted octanol–water partition coefficient (Wildman–Crippen LogP) is 5.41. The molecule has 0 aliphatic heterocycles. The van der Waals surface area contributed by atoms with Crippen LogP contribution in [0.25, 0.3) is 0 Å². The van der Waals surface area contributed by atoms with Crippen molar-refractivity contribution in [3.05, 3.63) is 54.3 Å². The molecule has 1 aromatic heterocycles. The van der Waals surface area contributed by atoms with Gasteiger partial charge in [0.15, 0.2) is 0 Å². The van der Waals surface area contributed by atoms with E-state index in [0.29, 0.717) is 14.6 Å². The Morgan fingerprint density at radius 2 is 1.80 bits per heavy atom. The molecule has 0 unspecified atom stereocenters. The number of rotatable bonds is 2. The predicted molar refractivity (Wildman–Crippen MR) is 86.7 cm³/mol. The van der Waals surface area contributed by atoms with Crippen molar-refractivity contribution in [2.45, 2.75) is 0 Å². The zero-order valence-electron chi connectivity index (χ0n) is 9.55. The molecule has 0 aliphatic carbocycles. The molecule has 1 amide bonds. The third-order valence-electron chi connectivity index (χ3n) is 2.30. The molecular weight excluding hydrogens is 482 g/mol. The number of anilines is 1. The van der Waals surface area contributed by atoms with E-state index in [-0.39, 0.29) is 10.7 Å². The summed E-state index contributed by atoms with van der Waals surface area (Å²) in [4.78, 5) is 15.7. The van der Waals surface area contributed by atoms with E-state index in [9.17, 15) is 9.18 Å². The standard InChI is InChI=1S/C12H5Br3ClFN2O/c13-5-1-8(14)10(9(15)2-5)19-12(20)7-3-6(17)4-18-11(7)16/h1-4H,(H,19,20). The minimum atomic E-state index is -0.631. The molecule has 0 saturated carbocycles. The summed E-state index contributed by atoms with van der Waals surface area (Å²) < 4.78 is 15.3. The lowest BCUT2D eigenvalue weighted by Crippen LogP contribution is -2.14. The molecule has 104 valence electrons. The summed E-state index contributed by atoms with van der Waals surface area (Å²) in [6.45, 7) is 0. The zero-order valence-corrected chi connectivity index (χ0v) is 15.1. The lowest BCUT2D eigenvalue weighted by atomic mass is 10.2. The van der Waals surface area contributed by atoms with E-state index < -0.39 is 11.7 Å². The third kappa shape index (κ3) is 3.58. The van der Waals surface area contributed by atoms with Crippen LogP contribution in [0.4, 0.5) is 10.1 Å². The second-order valence-electron chi connectivity index (χ2n) is 3.69. The van der Waals surface area contributed by atoms with Gasteiger partial charge in [-0.1, -0.05) is 27.5 Å². The van der Waals surface area contributed by atoms with Crippen LogP contribution in [0.1, 0.15) is 10.4 Å². The highest BCUT2D eigenvalue weighted by Gasteiger charge is 2.16. The van der Waals surface area contributed by atoms with Gasteiger partial charge >= 0.3 is 0 Å². The number of nitrogens with zero attached hydrogens (tertiary/aromatic N) is 1. The molecule has 0 radical (unpaired) electrons. The molecule has 2 rings (SSSR count). The van der Waals surface area contributed by atoms with Gasteiger partial charge in [0, 0.05) is 13.4 Å². The van der Waals surface area contributed by atoms with Crippen molar-refractivity contribution in [1.29, 1.82) is 0 Å². The molecule has 1 heterocycles. The minimum Gasteiger partial charge on any atom is -0.320 e. The fraction of sp³-hybridized carbons (Fsp3) is 0. The Kier molecular flexibility index (Phi) is 5.17. The number of benzene rings is 1. The Morgan fingerprint density at radius 1 is 1.20 bits per heavy atom. The third-order valence-corrected chi connectivity index (χ3v) is 4.31. The molecule has 1 N–H and O–H groups in total. The monoisotopic (exact) mass is 484 g/mol. The largest absolute Gasteiger partial charge is 0.320 e. The van der Waals surface area contributed by atoms with E-state index >= 15 is 0 Å². The van der Waals surface area contributed by atoms with E-state index in [2.05, 4.69) is 58.1 Å². The molecule has 0 fully saturated rings. The van der Waals surface area contributed by atoms with Crippen LogP contribution in [0.3, 0.4) is 0 Å². The first-order chi connectivity index (χ1) is 9.38. The maximum Gasteiger partial charge on any atom is 0.258 e. The molecule has 0 saturated heterocycles. The van der Waals surface area contributed by atoms with Crippen LogP contribution in [0.15, 0.2) is 37.8 Å². The van der Waals surface area contributed by atoms with Crippen LogP contribution in [0.5, 0.6) is 0 Å². The number of carbonyl (C=O) groups excluding carboxylic acids is 1. The Morgan fingerprint density at radius 3 is 2.40 bits per heavy atom. The van der Waals surface area contributed by atoms with Crippen LogP contribution in [-0.2, 0) is 0 Å². The Bertz CT molecular complexity index is 673. The van der Waals surface area contributed by atoms with Crippen molar-refractivity contribution < 1.29 is 9.18 Å². The van der Waals surface area contributed by atoms with Gasteiger partial charge in [-0.2, -0.15) is 0 Å². The first-order valence-electron chi connectivity index (χ1n) is 5.15. The van der Waals surface area contributed by atoms with Gasteiger partial charge in [-0.25, -0.2) is 9.37 Å². The summed E-state index contributed by atoms with van der Waals surface area (Å²) in [6.07, 6.45) is 0.949. The lowest BCUT2D eigenvalue weighted by molar-refractivity contribution is 0.102. The van der Waals surface area contributed by atoms with E-state index in [1.165, 1.54) is 0 Å². The smallest absolute Gasteiger partial charge is 0.258 e. The van der Waals surface area contributed by atoms with Crippen LogP contribution >= 0.6 is 59.4 Å². The maximum absolute atomic E-state index is 13.1. The van der Waals surface area contributed by atoms with Gasteiger partial charge in [-0.3, -0.25) is 4.79 Å². The average molecular weight is 487 g/mol. The Balaban J connectivity index is 2.35. The van der Waals surface area contributed by atoms with Gasteiger partial charge in [0.2, 0.25) is 0 Å². The SMILES string of the molecule is O=C(Nc1c(Br)cc(Br)cc1Br)c1cc(F)cnc1Cl. The van der Waals surface area contributed by atoms with Crippen LogP contribution in [0, 0.1) is 5.82 Å². The molecule has 1 aromatic carbocycles. The summed E-state index contributed by atoms with van der Waals surface area (Å²) in [7, 11) is 0. The van der Waals surface area contributed by atoms with Crippen molar-refractivity contribution in [3.8, 4) is 0 Å². The summed E-state index contributed by atoms with van der Waals surface area (Å²) >= 11 is 15.8. The number of halogens is 5. The van der Waals surface area contributed by atoms with E-state index in [4.69, 9.17) is 11.6 Å². The highest BCUT2D eigenvalue weighted by molar-refractivity contribution is 9.11. The van der Waals surface area contributed by atoms with Crippen LogP contribution in [0.2, 0.25) is 5.15 Å². The van der Waals surface area contributed by atoms with Crippen molar-refractivity contribution in [3.63, 3.8) is 0 Å². The maximum atomic E-state index is 13.1. The highest BCUT2D eigenvalue weighted by atomic mass is 79.9. The molecule has 0 spiro atoms. The van der Waals surface area contributed by atoms with E-state index in [1.54, 1.807) is 12.1 Å². The number of hydrogen-bond donors (Lipinski definition) is 1. The Hall–Kier alpha value is -0.500. The number of hydrogen-bond acceptors (Lipinski definition) is 2. The van der Waals surface area contributed by atoms with Crippen molar-refractivity contribution in [1.82, 2.24) is 4.98 Å². The summed E-state index contributed by atoms with van der Waals surface area (Å²) in [5.41, 5.74) is 0.479. The minimum absolute atomic E-state index is 0.0339.